The summed E-state index contributed by atoms with van der Waals surface area (Å²) >= 11 is 14.9. The molecule has 1 amide bonds. The molecule has 8 heteroatoms. The summed E-state index contributed by atoms with van der Waals surface area (Å²) in [6.45, 7) is 0. The lowest BCUT2D eigenvalue weighted by molar-refractivity contribution is 0.102. The number of aromatic nitrogens is 2. The number of rotatable bonds is 5. The summed E-state index contributed by atoms with van der Waals surface area (Å²) < 4.78 is 0. The topological polar surface area (TPSA) is 54.9 Å². The minimum absolute atomic E-state index is 0.305. The van der Waals surface area contributed by atoms with Crippen LogP contribution in [0.3, 0.4) is 0 Å². The van der Waals surface area contributed by atoms with E-state index in [4.69, 9.17) is 23.2 Å². The molecule has 2 aromatic carbocycles. The first-order valence-electron chi connectivity index (χ1n) is 6.88. The maximum absolute atomic E-state index is 12.3. The molecule has 0 saturated heterocycles. The fraction of sp³-hybridized carbons (Fsp3) is 0.0625. The Labute approximate surface area is 157 Å². The maximum Gasteiger partial charge on any atom is 0.259 e. The van der Waals surface area contributed by atoms with Crippen LogP contribution in [0.4, 0.5) is 5.13 Å². The minimum Gasteiger partial charge on any atom is -0.296 e. The predicted octanol–water partition coefficient (Wildman–Crippen LogP) is 5.39. The van der Waals surface area contributed by atoms with Crippen molar-refractivity contribution in [3.8, 4) is 0 Å². The van der Waals surface area contributed by atoms with Crippen molar-refractivity contribution >= 4 is 57.3 Å². The lowest BCUT2D eigenvalue weighted by Gasteiger charge is -2.03. The SMILES string of the molecule is O=C(Nc1nnc(CSc2ccccc2)s1)c1cc(Cl)ccc1Cl. The van der Waals surface area contributed by atoms with Gasteiger partial charge in [-0.1, -0.05) is 52.7 Å². The van der Waals surface area contributed by atoms with Gasteiger partial charge in [-0.3, -0.25) is 10.1 Å². The summed E-state index contributed by atoms with van der Waals surface area (Å²) in [5, 5.41) is 12.8. The Bertz CT molecular complexity index is 856. The fourth-order valence-electron chi connectivity index (χ4n) is 1.86. The normalized spacial score (nSPS) is 10.6. The van der Waals surface area contributed by atoms with Gasteiger partial charge < -0.3 is 0 Å². The van der Waals surface area contributed by atoms with Crippen molar-refractivity contribution in [2.24, 2.45) is 0 Å². The van der Waals surface area contributed by atoms with Crippen LogP contribution in [0.1, 0.15) is 15.4 Å². The van der Waals surface area contributed by atoms with Crippen LogP contribution in [0.25, 0.3) is 0 Å². The summed E-state index contributed by atoms with van der Waals surface area (Å²) in [6, 6.07) is 14.8. The Morgan fingerprint density at radius 2 is 1.92 bits per heavy atom. The molecule has 1 aromatic heterocycles. The summed E-state index contributed by atoms with van der Waals surface area (Å²) in [4.78, 5) is 13.4. The molecule has 0 aliphatic rings. The first-order valence-corrected chi connectivity index (χ1v) is 9.44. The molecule has 0 unspecified atom stereocenters. The van der Waals surface area contributed by atoms with Crippen molar-refractivity contribution < 1.29 is 4.79 Å². The second-order valence-corrected chi connectivity index (χ2v) is 7.64. The lowest BCUT2D eigenvalue weighted by atomic mass is 10.2. The van der Waals surface area contributed by atoms with Gasteiger partial charge in [0.25, 0.3) is 5.91 Å². The number of carbonyl (C=O) groups is 1. The van der Waals surface area contributed by atoms with Gasteiger partial charge in [0.05, 0.1) is 16.3 Å². The molecule has 0 spiro atoms. The molecular weight excluding hydrogens is 385 g/mol. The van der Waals surface area contributed by atoms with Gasteiger partial charge in [-0.2, -0.15) is 0 Å². The van der Waals surface area contributed by atoms with E-state index < -0.39 is 0 Å². The summed E-state index contributed by atoms with van der Waals surface area (Å²) in [5.74, 6) is 0.330. The number of thioether (sulfide) groups is 1. The standard InChI is InChI=1S/C16H11Cl2N3OS2/c17-10-6-7-13(18)12(8-10)15(22)19-16-21-20-14(24-16)9-23-11-4-2-1-3-5-11/h1-8H,9H2,(H,19,21,22). The highest BCUT2D eigenvalue weighted by atomic mass is 35.5. The Morgan fingerprint density at radius 3 is 2.71 bits per heavy atom. The first kappa shape index (κ1) is 17.2. The Morgan fingerprint density at radius 1 is 1.12 bits per heavy atom. The number of carbonyl (C=O) groups excluding carboxylic acids is 1. The molecular formula is C16H11Cl2N3OS2. The molecule has 0 fully saturated rings. The van der Waals surface area contributed by atoms with Crippen LogP contribution in [0.2, 0.25) is 10.0 Å². The average molecular weight is 396 g/mol. The number of benzene rings is 2. The zero-order chi connectivity index (χ0) is 16.9. The molecule has 4 nitrogen and oxygen atoms in total. The number of hydrogen-bond donors (Lipinski definition) is 1. The van der Waals surface area contributed by atoms with E-state index in [1.165, 1.54) is 17.4 Å². The van der Waals surface area contributed by atoms with Gasteiger partial charge in [0.1, 0.15) is 5.01 Å². The van der Waals surface area contributed by atoms with Crippen LogP contribution in [0.5, 0.6) is 0 Å². The summed E-state index contributed by atoms with van der Waals surface area (Å²) in [7, 11) is 0. The van der Waals surface area contributed by atoms with Gasteiger partial charge in [0, 0.05) is 9.92 Å². The van der Waals surface area contributed by atoms with Gasteiger partial charge in [0.2, 0.25) is 5.13 Å². The second-order valence-electron chi connectivity index (χ2n) is 4.68. The highest BCUT2D eigenvalue weighted by Gasteiger charge is 2.14. The molecule has 0 aliphatic carbocycles. The quantitative estimate of drug-likeness (QED) is 0.588. The van der Waals surface area contributed by atoms with Crippen LogP contribution in [-0.4, -0.2) is 16.1 Å². The Hall–Kier alpha value is -1.60. The van der Waals surface area contributed by atoms with Crippen LogP contribution in [0.15, 0.2) is 53.4 Å². The molecule has 122 valence electrons. The number of halogens is 2. The third kappa shape index (κ3) is 4.48. The molecule has 0 aliphatic heterocycles. The van der Waals surface area contributed by atoms with Crippen molar-refractivity contribution in [3.63, 3.8) is 0 Å². The predicted molar refractivity (Wildman–Crippen MR) is 100 cm³/mol. The van der Waals surface area contributed by atoms with Crippen molar-refractivity contribution in [1.82, 2.24) is 10.2 Å². The van der Waals surface area contributed by atoms with Gasteiger partial charge >= 0.3 is 0 Å². The largest absolute Gasteiger partial charge is 0.296 e. The summed E-state index contributed by atoms with van der Waals surface area (Å²) in [6.07, 6.45) is 0. The number of anilines is 1. The van der Waals surface area contributed by atoms with E-state index in [1.54, 1.807) is 23.9 Å². The highest BCUT2D eigenvalue weighted by molar-refractivity contribution is 7.98. The van der Waals surface area contributed by atoms with E-state index in [0.717, 1.165) is 9.90 Å². The second kappa shape index (κ2) is 7.98. The lowest BCUT2D eigenvalue weighted by Crippen LogP contribution is -2.12. The van der Waals surface area contributed by atoms with Gasteiger partial charge in [-0.25, -0.2) is 0 Å². The van der Waals surface area contributed by atoms with Crippen molar-refractivity contribution in [2.45, 2.75) is 10.6 Å². The Kier molecular flexibility index (Phi) is 5.73. The number of amides is 1. The third-order valence-corrected chi connectivity index (χ3v) is 5.58. The average Bonchev–Trinajstić information content (AvgIpc) is 3.03. The third-order valence-electron chi connectivity index (χ3n) is 2.97. The number of hydrogen-bond acceptors (Lipinski definition) is 5. The van der Waals surface area contributed by atoms with Gasteiger partial charge in [-0.15, -0.1) is 22.0 Å². The van der Waals surface area contributed by atoms with E-state index in [-0.39, 0.29) is 5.91 Å². The number of nitrogens with one attached hydrogen (secondary N) is 1. The molecule has 0 saturated carbocycles. The summed E-state index contributed by atoms with van der Waals surface area (Å²) in [5.41, 5.74) is 0.305. The van der Waals surface area contributed by atoms with Crippen molar-refractivity contribution in [3.05, 3.63) is 69.1 Å². The van der Waals surface area contributed by atoms with E-state index in [1.807, 2.05) is 30.3 Å². The molecule has 3 aromatic rings. The van der Waals surface area contributed by atoms with E-state index in [0.29, 0.717) is 26.5 Å². The molecule has 3 rings (SSSR count). The van der Waals surface area contributed by atoms with E-state index in [2.05, 4.69) is 15.5 Å². The van der Waals surface area contributed by atoms with Gasteiger partial charge in [-0.05, 0) is 30.3 Å². The van der Waals surface area contributed by atoms with Crippen molar-refractivity contribution in [2.75, 3.05) is 5.32 Å². The fourth-order valence-corrected chi connectivity index (χ4v) is 3.88. The molecule has 0 bridgehead atoms. The molecule has 0 radical (unpaired) electrons. The van der Waals surface area contributed by atoms with Crippen LogP contribution >= 0.6 is 46.3 Å². The Balaban J connectivity index is 1.63. The first-order chi connectivity index (χ1) is 11.6. The minimum atomic E-state index is -0.360. The van der Waals surface area contributed by atoms with Crippen LogP contribution in [-0.2, 0) is 5.75 Å². The highest BCUT2D eigenvalue weighted by Crippen LogP contribution is 2.27. The molecule has 1 N–H and O–H groups in total. The monoisotopic (exact) mass is 395 g/mol. The van der Waals surface area contributed by atoms with Crippen LogP contribution in [0, 0.1) is 0 Å². The zero-order valence-corrected chi connectivity index (χ0v) is 15.3. The van der Waals surface area contributed by atoms with E-state index in [9.17, 15) is 4.79 Å². The smallest absolute Gasteiger partial charge is 0.259 e. The number of nitrogens with zero attached hydrogens (tertiary/aromatic N) is 2. The molecule has 1 heterocycles. The van der Waals surface area contributed by atoms with Crippen LogP contribution < -0.4 is 5.32 Å². The maximum atomic E-state index is 12.3. The van der Waals surface area contributed by atoms with Gasteiger partial charge in [0.15, 0.2) is 0 Å². The van der Waals surface area contributed by atoms with Crippen molar-refractivity contribution in [1.29, 1.82) is 0 Å². The van der Waals surface area contributed by atoms with E-state index >= 15 is 0 Å². The molecule has 0 atom stereocenters. The molecule has 24 heavy (non-hydrogen) atoms. The zero-order valence-electron chi connectivity index (χ0n) is 12.2.